The van der Waals surface area contributed by atoms with Crippen molar-refractivity contribution in [2.24, 2.45) is 0 Å². The molecule has 2 heterocycles. The molecule has 0 bridgehead atoms. The third-order valence-corrected chi connectivity index (χ3v) is 5.76. The van der Waals surface area contributed by atoms with Crippen LogP contribution in [0.5, 0.6) is 11.5 Å². The maximum Gasteiger partial charge on any atom is 0.123 e. The fourth-order valence-corrected chi connectivity index (χ4v) is 4.61. The van der Waals surface area contributed by atoms with Crippen LogP contribution < -0.4 is 9.47 Å². The van der Waals surface area contributed by atoms with Gasteiger partial charge in [0, 0.05) is 23.0 Å². The predicted molar refractivity (Wildman–Crippen MR) is 94.0 cm³/mol. The van der Waals surface area contributed by atoms with Crippen molar-refractivity contribution in [3.8, 4) is 11.5 Å². The van der Waals surface area contributed by atoms with Gasteiger partial charge >= 0.3 is 0 Å². The first-order valence-electron chi connectivity index (χ1n) is 7.41. The second-order valence-corrected chi connectivity index (χ2v) is 7.99. The van der Waals surface area contributed by atoms with Crippen LogP contribution in [0.15, 0.2) is 34.1 Å². The zero-order valence-electron chi connectivity index (χ0n) is 12.8. The number of halogens is 1. The van der Waals surface area contributed by atoms with E-state index in [0.717, 1.165) is 31.0 Å². The van der Waals surface area contributed by atoms with Crippen LogP contribution >= 0.6 is 27.3 Å². The van der Waals surface area contributed by atoms with Gasteiger partial charge in [0.15, 0.2) is 0 Å². The minimum Gasteiger partial charge on any atom is -0.497 e. The molecule has 5 heteroatoms. The average molecular weight is 382 g/mol. The number of methoxy groups -OCH3 is 2. The summed E-state index contributed by atoms with van der Waals surface area (Å²) in [5, 5.41) is 0. The number of nitrogens with zero attached hydrogens (tertiary/aromatic N) is 1. The van der Waals surface area contributed by atoms with Crippen LogP contribution in [0.4, 0.5) is 0 Å². The Morgan fingerprint density at radius 1 is 1.23 bits per heavy atom. The van der Waals surface area contributed by atoms with Gasteiger partial charge in [0.1, 0.15) is 11.5 Å². The molecule has 0 N–H and O–H groups in total. The average Bonchev–Trinajstić information content (AvgIpc) is 3.16. The lowest BCUT2D eigenvalue weighted by molar-refractivity contribution is 0.244. The summed E-state index contributed by atoms with van der Waals surface area (Å²) in [6.07, 6.45) is 2.38. The van der Waals surface area contributed by atoms with Gasteiger partial charge < -0.3 is 9.47 Å². The van der Waals surface area contributed by atoms with Crippen LogP contribution in [0.1, 0.15) is 29.3 Å². The molecule has 1 fully saturated rings. The van der Waals surface area contributed by atoms with Gasteiger partial charge in [-0.2, -0.15) is 0 Å². The summed E-state index contributed by atoms with van der Waals surface area (Å²) in [6.45, 7) is 2.11. The van der Waals surface area contributed by atoms with E-state index >= 15 is 0 Å². The van der Waals surface area contributed by atoms with Gasteiger partial charge in [0.25, 0.3) is 0 Å². The lowest BCUT2D eigenvalue weighted by Crippen LogP contribution is -2.22. The fourth-order valence-electron chi connectivity index (χ4n) is 3.10. The molecule has 0 amide bonds. The Balaban J connectivity index is 1.86. The molecule has 1 aromatic heterocycles. The maximum absolute atomic E-state index is 5.57. The molecule has 0 radical (unpaired) electrons. The van der Waals surface area contributed by atoms with Crippen LogP contribution in [0, 0.1) is 0 Å². The first-order chi connectivity index (χ1) is 10.7. The van der Waals surface area contributed by atoms with E-state index in [1.807, 2.05) is 23.5 Å². The summed E-state index contributed by atoms with van der Waals surface area (Å²) in [5.74, 6) is 1.84. The first-order valence-corrected chi connectivity index (χ1v) is 9.02. The topological polar surface area (TPSA) is 21.7 Å². The molecule has 1 atom stereocenters. The first kappa shape index (κ1) is 15.8. The van der Waals surface area contributed by atoms with Gasteiger partial charge in [0.2, 0.25) is 0 Å². The monoisotopic (exact) mass is 381 g/mol. The summed E-state index contributed by atoms with van der Waals surface area (Å²) in [7, 11) is 3.45. The predicted octanol–water partition coefficient (Wildman–Crippen LogP) is 4.86. The van der Waals surface area contributed by atoms with Crippen LogP contribution in [-0.2, 0) is 6.54 Å². The number of rotatable bonds is 5. The highest BCUT2D eigenvalue weighted by atomic mass is 79.9. The lowest BCUT2D eigenvalue weighted by Gasteiger charge is -2.26. The standard InChI is InChI=1S/C17H20BrNO2S/c1-20-12-5-7-16(21-2)14(10-12)15-4-3-9-19(15)11-13-6-8-17(18)22-13/h5-8,10,15H,3-4,9,11H2,1-2H3. The molecule has 22 heavy (non-hydrogen) atoms. The van der Waals surface area contributed by atoms with Crippen molar-refractivity contribution in [1.29, 1.82) is 0 Å². The van der Waals surface area contributed by atoms with Crippen molar-refractivity contribution < 1.29 is 9.47 Å². The van der Waals surface area contributed by atoms with E-state index in [1.165, 1.54) is 20.6 Å². The molecular weight excluding hydrogens is 362 g/mol. The Morgan fingerprint density at radius 2 is 2.09 bits per heavy atom. The summed E-state index contributed by atoms with van der Waals surface area (Å²) in [5.41, 5.74) is 1.23. The lowest BCUT2D eigenvalue weighted by atomic mass is 10.0. The van der Waals surface area contributed by atoms with Gasteiger partial charge in [0.05, 0.1) is 18.0 Å². The zero-order chi connectivity index (χ0) is 15.5. The molecule has 0 saturated carbocycles. The molecule has 1 aromatic carbocycles. The van der Waals surface area contributed by atoms with Crippen molar-refractivity contribution in [3.63, 3.8) is 0 Å². The quantitative estimate of drug-likeness (QED) is 0.737. The van der Waals surface area contributed by atoms with E-state index in [9.17, 15) is 0 Å². The van der Waals surface area contributed by atoms with Crippen molar-refractivity contribution in [2.75, 3.05) is 20.8 Å². The highest BCUT2D eigenvalue weighted by Gasteiger charge is 2.29. The SMILES string of the molecule is COc1ccc(OC)c(C2CCCN2Cc2ccc(Br)s2)c1. The van der Waals surface area contributed by atoms with Gasteiger partial charge in [-0.15, -0.1) is 11.3 Å². The molecule has 3 rings (SSSR count). The third-order valence-electron chi connectivity index (χ3n) is 4.15. The number of benzene rings is 1. The van der Waals surface area contributed by atoms with E-state index < -0.39 is 0 Å². The van der Waals surface area contributed by atoms with Gasteiger partial charge in [-0.05, 0) is 65.6 Å². The van der Waals surface area contributed by atoms with Gasteiger partial charge in [-0.1, -0.05) is 0 Å². The second-order valence-electron chi connectivity index (χ2n) is 5.44. The van der Waals surface area contributed by atoms with Gasteiger partial charge in [-0.25, -0.2) is 0 Å². The number of hydrogen-bond donors (Lipinski definition) is 0. The number of ether oxygens (including phenoxy) is 2. The van der Waals surface area contributed by atoms with Crippen LogP contribution in [0.2, 0.25) is 0 Å². The molecule has 2 aromatic rings. The minimum absolute atomic E-state index is 0.394. The van der Waals surface area contributed by atoms with Crippen molar-refractivity contribution in [1.82, 2.24) is 4.90 Å². The molecule has 1 saturated heterocycles. The highest BCUT2D eigenvalue weighted by Crippen LogP contribution is 2.40. The Bertz CT molecular complexity index is 643. The summed E-state index contributed by atoms with van der Waals surface area (Å²) < 4.78 is 12.2. The zero-order valence-corrected chi connectivity index (χ0v) is 15.2. The van der Waals surface area contributed by atoms with Crippen LogP contribution in [0.25, 0.3) is 0 Å². The molecule has 1 unspecified atom stereocenters. The van der Waals surface area contributed by atoms with Crippen molar-refractivity contribution in [3.05, 3.63) is 44.6 Å². The molecule has 0 aliphatic carbocycles. The maximum atomic E-state index is 5.57. The Hall–Kier alpha value is -1.04. The second kappa shape index (κ2) is 7.02. The molecule has 3 nitrogen and oxygen atoms in total. The van der Waals surface area contributed by atoms with Crippen molar-refractivity contribution in [2.45, 2.75) is 25.4 Å². The van der Waals surface area contributed by atoms with Crippen molar-refractivity contribution >= 4 is 27.3 Å². The summed E-state index contributed by atoms with van der Waals surface area (Å²) in [6, 6.07) is 10.8. The molecule has 1 aliphatic rings. The number of hydrogen-bond acceptors (Lipinski definition) is 4. The largest absolute Gasteiger partial charge is 0.497 e. The third kappa shape index (κ3) is 3.31. The van der Waals surface area contributed by atoms with Crippen LogP contribution in [0.3, 0.4) is 0 Å². The van der Waals surface area contributed by atoms with E-state index in [2.05, 4.69) is 39.0 Å². The minimum atomic E-state index is 0.394. The molecule has 0 spiro atoms. The summed E-state index contributed by atoms with van der Waals surface area (Å²) in [4.78, 5) is 3.93. The number of thiophene rings is 1. The fraction of sp³-hybridized carbons (Fsp3) is 0.412. The normalized spacial score (nSPS) is 18.6. The summed E-state index contributed by atoms with van der Waals surface area (Å²) >= 11 is 5.36. The van der Waals surface area contributed by atoms with Crippen LogP contribution in [-0.4, -0.2) is 25.7 Å². The molecular formula is C17H20BrNO2S. The van der Waals surface area contributed by atoms with E-state index in [-0.39, 0.29) is 0 Å². The Morgan fingerprint density at radius 3 is 2.77 bits per heavy atom. The molecule has 118 valence electrons. The van der Waals surface area contributed by atoms with E-state index in [4.69, 9.17) is 9.47 Å². The van der Waals surface area contributed by atoms with E-state index in [1.54, 1.807) is 14.2 Å². The van der Waals surface area contributed by atoms with E-state index in [0.29, 0.717) is 6.04 Å². The van der Waals surface area contributed by atoms with Gasteiger partial charge in [-0.3, -0.25) is 4.90 Å². The number of likely N-dealkylation sites (tertiary alicyclic amines) is 1. The Kier molecular flexibility index (Phi) is 5.06. The Labute approximate surface area is 144 Å². The highest BCUT2D eigenvalue weighted by molar-refractivity contribution is 9.11. The molecule has 1 aliphatic heterocycles. The smallest absolute Gasteiger partial charge is 0.123 e.